The number of anilines is 1. The van der Waals surface area contributed by atoms with Crippen LogP contribution in [0.4, 0.5) is 5.69 Å². The van der Waals surface area contributed by atoms with Crippen LogP contribution in [0.2, 0.25) is 0 Å². The summed E-state index contributed by atoms with van der Waals surface area (Å²) in [5.74, 6) is 0.177. The molecule has 1 amide bonds. The van der Waals surface area contributed by atoms with Crippen LogP contribution in [0.1, 0.15) is 16.8 Å². The molecule has 12 heteroatoms. The fraction of sp³-hybridized carbons (Fsp3) is 0.450. The van der Waals surface area contributed by atoms with Gasteiger partial charge in [0.15, 0.2) is 5.16 Å². The van der Waals surface area contributed by atoms with Gasteiger partial charge in [-0.1, -0.05) is 11.8 Å². The smallest absolute Gasteiger partial charge is 0.267 e. The van der Waals surface area contributed by atoms with Crippen LogP contribution in [0.5, 0.6) is 0 Å². The summed E-state index contributed by atoms with van der Waals surface area (Å²) in [7, 11) is -3.65. The highest BCUT2D eigenvalue weighted by Crippen LogP contribution is 2.21. The van der Waals surface area contributed by atoms with Crippen molar-refractivity contribution in [1.29, 1.82) is 0 Å². The van der Waals surface area contributed by atoms with E-state index in [4.69, 9.17) is 4.74 Å². The van der Waals surface area contributed by atoms with E-state index < -0.39 is 15.9 Å². The minimum absolute atomic E-state index is 0.0464. The van der Waals surface area contributed by atoms with Crippen molar-refractivity contribution < 1.29 is 17.9 Å². The number of carbonyl (C=O) groups excluding carboxylic acids is 1. The molecule has 0 unspecified atom stereocenters. The monoisotopic (exact) mass is 479 g/mol. The van der Waals surface area contributed by atoms with E-state index in [1.165, 1.54) is 46.8 Å². The molecule has 2 aromatic rings. The van der Waals surface area contributed by atoms with E-state index in [0.717, 1.165) is 25.4 Å². The second-order valence-corrected chi connectivity index (χ2v) is 10.3. The molecule has 0 radical (unpaired) electrons. The lowest BCUT2D eigenvalue weighted by Gasteiger charge is -2.26. The van der Waals surface area contributed by atoms with Gasteiger partial charge in [-0.25, -0.2) is 18.1 Å². The van der Waals surface area contributed by atoms with Crippen molar-refractivity contribution >= 4 is 33.4 Å². The Morgan fingerprint density at radius 1 is 1.16 bits per heavy atom. The van der Waals surface area contributed by atoms with Gasteiger partial charge in [0, 0.05) is 43.8 Å². The molecule has 1 aromatic carbocycles. The van der Waals surface area contributed by atoms with E-state index >= 15 is 0 Å². The highest BCUT2D eigenvalue weighted by Gasteiger charge is 2.20. The number of rotatable bonds is 8. The molecule has 1 saturated heterocycles. The van der Waals surface area contributed by atoms with Gasteiger partial charge in [0.25, 0.3) is 11.5 Å². The van der Waals surface area contributed by atoms with Gasteiger partial charge in [-0.2, -0.15) is 0 Å². The van der Waals surface area contributed by atoms with Gasteiger partial charge in [-0.3, -0.25) is 19.1 Å². The molecule has 1 fully saturated rings. The zero-order chi connectivity index (χ0) is 22.6. The van der Waals surface area contributed by atoms with Gasteiger partial charge in [0.05, 0.1) is 18.1 Å². The van der Waals surface area contributed by atoms with Gasteiger partial charge in [0.1, 0.15) is 5.56 Å². The molecule has 2 N–H and O–H groups in total. The molecule has 2 aliphatic heterocycles. The third kappa shape index (κ3) is 5.38. The summed E-state index contributed by atoms with van der Waals surface area (Å²) in [5, 5.41) is 3.24. The van der Waals surface area contributed by atoms with E-state index in [0.29, 0.717) is 43.6 Å². The summed E-state index contributed by atoms with van der Waals surface area (Å²) in [6, 6.07) is 5.83. The lowest BCUT2D eigenvalue weighted by atomic mass is 10.2. The van der Waals surface area contributed by atoms with Crippen LogP contribution in [-0.2, 0) is 21.3 Å². The number of hydrogen-bond donors (Lipinski definition) is 2. The Morgan fingerprint density at radius 3 is 2.66 bits per heavy atom. The van der Waals surface area contributed by atoms with Crippen molar-refractivity contribution in [3.63, 3.8) is 0 Å². The number of aromatic nitrogens is 2. The summed E-state index contributed by atoms with van der Waals surface area (Å²) in [6.45, 7) is 4.84. The van der Waals surface area contributed by atoms with Crippen LogP contribution in [0.25, 0.3) is 0 Å². The lowest BCUT2D eigenvalue weighted by molar-refractivity contribution is 0.0376. The first-order valence-corrected chi connectivity index (χ1v) is 12.8. The zero-order valence-corrected chi connectivity index (χ0v) is 19.1. The number of carbonyl (C=O) groups is 1. The second kappa shape index (κ2) is 10.1. The number of fused-ring (bicyclic) bond motifs is 1. The first-order chi connectivity index (χ1) is 15.4. The largest absolute Gasteiger partial charge is 0.379 e. The molecular formula is C20H25N5O5S2. The van der Waals surface area contributed by atoms with Crippen LogP contribution in [0.15, 0.2) is 45.3 Å². The Hall–Kier alpha value is -2.25. The van der Waals surface area contributed by atoms with E-state index in [2.05, 4.69) is 19.9 Å². The van der Waals surface area contributed by atoms with E-state index in [9.17, 15) is 18.0 Å². The number of ether oxygens (including phenoxy) is 1. The molecule has 10 nitrogen and oxygen atoms in total. The number of morpholine rings is 1. The van der Waals surface area contributed by atoms with Crippen LogP contribution < -0.4 is 15.6 Å². The summed E-state index contributed by atoms with van der Waals surface area (Å²) in [4.78, 5) is 31.5. The molecule has 1 aromatic heterocycles. The number of amides is 1. The van der Waals surface area contributed by atoms with Crippen molar-refractivity contribution in [2.75, 3.05) is 50.5 Å². The number of thioether (sulfide) groups is 1. The predicted octanol–water partition coefficient (Wildman–Crippen LogP) is 0.602. The number of hydrogen-bond acceptors (Lipinski definition) is 8. The van der Waals surface area contributed by atoms with Crippen molar-refractivity contribution in [3.8, 4) is 0 Å². The number of benzene rings is 1. The Morgan fingerprint density at radius 2 is 1.91 bits per heavy atom. The van der Waals surface area contributed by atoms with Gasteiger partial charge < -0.3 is 10.1 Å². The van der Waals surface area contributed by atoms with Crippen molar-refractivity contribution in [1.82, 2.24) is 19.2 Å². The molecule has 32 heavy (non-hydrogen) atoms. The molecule has 3 heterocycles. The van der Waals surface area contributed by atoms with Crippen LogP contribution in [0.3, 0.4) is 0 Å². The maximum Gasteiger partial charge on any atom is 0.267 e. The normalized spacial score (nSPS) is 16.6. The fourth-order valence-corrected chi connectivity index (χ4v) is 5.49. The average Bonchev–Trinajstić information content (AvgIpc) is 3.28. The molecule has 0 saturated carbocycles. The van der Waals surface area contributed by atoms with Gasteiger partial charge in [-0.05, 0) is 37.2 Å². The lowest BCUT2D eigenvalue weighted by Crippen LogP contribution is -2.38. The van der Waals surface area contributed by atoms with E-state index in [-0.39, 0.29) is 16.0 Å². The number of sulfonamides is 1. The minimum Gasteiger partial charge on any atom is -0.379 e. The molecule has 0 atom stereocenters. The Bertz CT molecular complexity index is 1130. The predicted molar refractivity (Wildman–Crippen MR) is 121 cm³/mol. The van der Waals surface area contributed by atoms with Crippen LogP contribution in [0, 0.1) is 0 Å². The Kier molecular flexibility index (Phi) is 7.26. The van der Waals surface area contributed by atoms with Crippen molar-refractivity contribution in [2.24, 2.45) is 0 Å². The summed E-state index contributed by atoms with van der Waals surface area (Å²) in [5.41, 5.74) is -0.0339. The van der Waals surface area contributed by atoms with Crippen LogP contribution >= 0.6 is 11.8 Å². The Balaban J connectivity index is 1.32. The third-order valence-corrected chi connectivity index (χ3v) is 7.72. The first kappa shape index (κ1) is 22.9. The molecule has 0 spiro atoms. The fourth-order valence-electron chi connectivity index (χ4n) is 3.51. The maximum absolute atomic E-state index is 12.5. The molecular weight excluding hydrogens is 454 g/mol. The molecule has 4 rings (SSSR count). The van der Waals surface area contributed by atoms with Gasteiger partial charge >= 0.3 is 0 Å². The summed E-state index contributed by atoms with van der Waals surface area (Å²) >= 11 is 1.47. The number of nitrogens with one attached hydrogen (secondary N) is 2. The second-order valence-electron chi connectivity index (χ2n) is 7.44. The van der Waals surface area contributed by atoms with Crippen LogP contribution in [-0.4, -0.2) is 73.9 Å². The average molecular weight is 480 g/mol. The molecule has 172 valence electrons. The first-order valence-electron chi connectivity index (χ1n) is 10.4. The van der Waals surface area contributed by atoms with E-state index in [1.807, 2.05) is 0 Å². The van der Waals surface area contributed by atoms with Crippen molar-refractivity contribution in [3.05, 3.63) is 46.4 Å². The topological polar surface area (TPSA) is 123 Å². The molecule has 2 aliphatic rings. The molecule has 0 aliphatic carbocycles. The minimum atomic E-state index is -3.65. The summed E-state index contributed by atoms with van der Waals surface area (Å²) < 4.78 is 34.4. The number of nitrogens with zero attached hydrogens (tertiary/aromatic N) is 3. The SMILES string of the molecule is O=C(Nc1ccc(S(=O)(=O)NCCCN2CCOCC2)cc1)c1cnc2n(c1=O)CCS2. The van der Waals surface area contributed by atoms with Gasteiger partial charge in [0.2, 0.25) is 10.0 Å². The maximum atomic E-state index is 12.5. The Labute approximate surface area is 190 Å². The molecule has 0 bridgehead atoms. The third-order valence-electron chi connectivity index (χ3n) is 5.27. The quantitative estimate of drug-likeness (QED) is 0.417. The van der Waals surface area contributed by atoms with Crippen molar-refractivity contribution in [2.45, 2.75) is 23.0 Å². The standard InChI is InChI=1S/C20H25N5O5S2/c26-18(17-14-21-20-25(19(17)27)10-13-31-20)23-15-2-4-16(5-3-15)32(28,29)22-6-1-7-24-8-11-30-12-9-24/h2-5,14,22H,1,6-13H2,(H,23,26). The van der Waals surface area contributed by atoms with E-state index in [1.54, 1.807) is 0 Å². The van der Waals surface area contributed by atoms with Gasteiger partial charge in [-0.15, -0.1) is 0 Å². The zero-order valence-electron chi connectivity index (χ0n) is 17.5. The summed E-state index contributed by atoms with van der Waals surface area (Å²) in [6.07, 6.45) is 1.98. The highest BCUT2D eigenvalue weighted by molar-refractivity contribution is 7.99. The highest BCUT2D eigenvalue weighted by atomic mass is 32.2.